The number of anilines is 1. The average Bonchev–Trinajstić information content (AvgIpc) is 2.53. The van der Waals surface area contributed by atoms with Crippen molar-refractivity contribution < 1.29 is 4.42 Å². The number of nitrogen functional groups attached to an aromatic ring is 1. The highest BCUT2D eigenvalue weighted by molar-refractivity contribution is 7.71. The lowest BCUT2D eigenvalue weighted by Crippen LogP contribution is -1.98. The Morgan fingerprint density at radius 2 is 2.31 bits per heavy atom. The smallest absolute Gasteiger partial charge is 0.224 e. The van der Waals surface area contributed by atoms with Crippen molar-refractivity contribution in [2.45, 2.75) is 0 Å². The van der Waals surface area contributed by atoms with E-state index >= 15 is 0 Å². The van der Waals surface area contributed by atoms with E-state index in [-0.39, 0.29) is 10.7 Å². The van der Waals surface area contributed by atoms with Gasteiger partial charge in [-0.25, -0.2) is 4.98 Å². The monoisotopic (exact) mass is 194 g/mol. The Bertz CT molecular complexity index is 462. The van der Waals surface area contributed by atoms with Gasteiger partial charge in [-0.3, -0.25) is 0 Å². The fraction of sp³-hybridized carbons (Fsp3) is 0. The van der Waals surface area contributed by atoms with E-state index in [4.69, 9.17) is 22.4 Å². The molecule has 0 unspecified atom stereocenters. The summed E-state index contributed by atoms with van der Waals surface area (Å²) in [7, 11) is 0. The summed E-state index contributed by atoms with van der Waals surface area (Å²) in [6.07, 6.45) is 3.09. The molecular weight excluding hydrogens is 188 g/mol. The molecule has 0 fully saturated rings. The molecular formula is C7H6N4OS. The minimum Gasteiger partial charge on any atom is -0.472 e. The summed E-state index contributed by atoms with van der Waals surface area (Å²) in [5.41, 5.74) is 6.25. The molecule has 2 rings (SSSR count). The number of H-pyrrole nitrogens is 1. The predicted octanol–water partition coefficient (Wildman–Crippen LogP) is 1.38. The zero-order valence-corrected chi connectivity index (χ0v) is 7.34. The van der Waals surface area contributed by atoms with Crippen LogP contribution in [0.1, 0.15) is 0 Å². The quantitative estimate of drug-likeness (QED) is 0.670. The summed E-state index contributed by atoms with van der Waals surface area (Å²) in [4.78, 5) is 10.5. The van der Waals surface area contributed by atoms with E-state index in [1.54, 1.807) is 18.6 Å². The molecule has 66 valence electrons. The average molecular weight is 194 g/mol. The molecule has 2 heterocycles. The van der Waals surface area contributed by atoms with Crippen LogP contribution in [0, 0.1) is 4.77 Å². The molecule has 0 saturated heterocycles. The molecule has 0 aromatic carbocycles. The maximum absolute atomic E-state index is 5.46. The van der Waals surface area contributed by atoms with Crippen molar-refractivity contribution >= 4 is 18.2 Å². The molecule has 0 bridgehead atoms. The van der Waals surface area contributed by atoms with Crippen molar-refractivity contribution in [3.05, 3.63) is 23.4 Å². The van der Waals surface area contributed by atoms with Gasteiger partial charge < -0.3 is 15.1 Å². The molecule has 5 nitrogen and oxygen atoms in total. The van der Waals surface area contributed by atoms with Crippen LogP contribution < -0.4 is 5.73 Å². The number of nitrogens with two attached hydrogens (primary N) is 1. The molecule has 0 radical (unpaired) electrons. The Hall–Kier alpha value is -1.69. The zero-order chi connectivity index (χ0) is 9.26. The molecule has 13 heavy (non-hydrogen) atoms. The summed E-state index contributed by atoms with van der Waals surface area (Å²) in [6.45, 7) is 0. The van der Waals surface area contributed by atoms with Crippen LogP contribution in [0.25, 0.3) is 11.4 Å². The molecule has 0 aliphatic carbocycles. The van der Waals surface area contributed by atoms with Crippen LogP contribution >= 0.6 is 12.2 Å². The lowest BCUT2D eigenvalue weighted by Gasteiger charge is -1.97. The van der Waals surface area contributed by atoms with E-state index in [2.05, 4.69) is 15.0 Å². The molecule has 2 aromatic rings. The lowest BCUT2D eigenvalue weighted by atomic mass is 10.3. The van der Waals surface area contributed by atoms with Gasteiger partial charge in [0.2, 0.25) is 10.7 Å². The summed E-state index contributed by atoms with van der Waals surface area (Å²) in [5.74, 6) is 0.808. The van der Waals surface area contributed by atoms with Crippen LogP contribution in [-0.4, -0.2) is 15.0 Å². The normalized spacial score (nSPS) is 10.2. The Morgan fingerprint density at radius 3 is 2.92 bits per heavy atom. The van der Waals surface area contributed by atoms with Crippen molar-refractivity contribution in [3.8, 4) is 11.4 Å². The molecule has 6 heteroatoms. The van der Waals surface area contributed by atoms with Gasteiger partial charge in [-0.05, 0) is 18.3 Å². The number of aromatic nitrogens is 3. The van der Waals surface area contributed by atoms with E-state index in [0.717, 1.165) is 5.56 Å². The molecule has 0 amide bonds. The van der Waals surface area contributed by atoms with Gasteiger partial charge >= 0.3 is 0 Å². The van der Waals surface area contributed by atoms with E-state index in [1.165, 1.54) is 0 Å². The van der Waals surface area contributed by atoms with Crippen LogP contribution in [0.4, 0.5) is 5.95 Å². The number of aromatic amines is 1. The van der Waals surface area contributed by atoms with E-state index in [1.807, 2.05) is 0 Å². The SMILES string of the molecule is Nc1nc(=S)nc(-c2ccoc2)[nH]1. The number of furan rings is 1. The van der Waals surface area contributed by atoms with Crippen LogP contribution in [-0.2, 0) is 0 Å². The van der Waals surface area contributed by atoms with Gasteiger partial charge in [-0.1, -0.05) is 0 Å². The fourth-order valence-corrected chi connectivity index (χ4v) is 1.13. The van der Waals surface area contributed by atoms with Crippen molar-refractivity contribution in [2.75, 3.05) is 5.73 Å². The Balaban J connectivity index is 2.59. The van der Waals surface area contributed by atoms with Crippen LogP contribution in [0.2, 0.25) is 0 Å². The number of nitrogens with one attached hydrogen (secondary N) is 1. The van der Waals surface area contributed by atoms with E-state index in [9.17, 15) is 0 Å². The van der Waals surface area contributed by atoms with Gasteiger partial charge in [0.05, 0.1) is 11.8 Å². The molecule has 3 N–H and O–H groups in total. The third kappa shape index (κ3) is 1.57. The first kappa shape index (κ1) is 7.93. The second-order valence-electron chi connectivity index (χ2n) is 2.38. The van der Waals surface area contributed by atoms with Crippen LogP contribution in [0.5, 0.6) is 0 Å². The van der Waals surface area contributed by atoms with Crippen molar-refractivity contribution in [3.63, 3.8) is 0 Å². The summed E-state index contributed by atoms with van der Waals surface area (Å²) < 4.78 is 5.11. The highest BCUT2D eigenvalue weighted by Crippen LogP contribution is 2.14. The molecule has 0 aliphatic rings. The number of hydrogen-bond acceptors (Lipinski definition) is 5. The highest BCUT2D eigenvalue weighted by Gasteiger charge is 2.01. The lowest BCUT2D eigenvalue weighted by molar-refractivity contribution is 0.568. The molecule has 0 saturated carbocycles. The van der Waals surface area contributed by atoms with E-state index in [0.29, 0.717) is 5.82 Å². The number of rotatable bonds is 1. The first-order valence-corrected chi connectivity index (χ1v) is 3.93. The van der Waals surface area contributed by atoms with Crippen LogP contribution in [0.15, 0.2) is 23.0 Å². The molecule has 0 atom stereocenters. The molecule has 0 aliphatic heterocycles. The van der Waals surface area contributed by atoms with Crippen LogP contribution in [0.3, 0.4) is 0 Å². The van der Waals surface area contributed by atoms with Gasteiger partial charge in [0.25, 0.3) is 0 Å². The van der Waals surface area contributed by atoms with Gasteiger partial charge in [0, 0.05) is 0 Å². The van der Waals surface area contributed by atoms with Gasteiger partial charge in [0.15, 0.2) is 0 Å². The minimum atomic E-state index is 0.215. The standard InChI is InChI=1S/C7H6N4OS/c8-6-9-5(10-7(13)11-6)4-1-2-12-3-4/h1-3H,(H3,8,9,10,11,13). The van der Waals surface area contributed by atoms with Crippen molar-refractivity contribution in [1.29, 1.82) is 0 Å². The molecule has 2 aromatic heterocycles. The number of hydrogen-bond donors (Lipinski definition) is 2. The zero-order valence-electron chi connectivity index (χ0n) is 6.52. The van der Waals surface area contributed by atoms with Crippen molar-refractivity contribution in [2.24, 2.45) is 0 Å². The van der Waals surface area contributed by atoms with Crippen molar-refractivity contribution in [1.82, 2.24) is 15.0 Å². The topological polar surface area (TPSA) is 80.7 Å². The Kier molecular flexibility index (Phi) is 1.82. The Morgan fingerprint density at radius 1 is 1.46 bits per heavy atom. The van der Waals surface area contributed by atoms with Gasteiger partial charge in [-0.15, -0.1) is 0 Å². The summed E-state index contributed by atoms with van der Waals surface area (Å²) >= 11 is 4.81. The van der Waals surface area contributed by atoms with Gasteiger partial charge in [0.1, 0.15) is 12.1 Å². The third-order valence-corrected chi connectivity index (χ3v) is 1.65. The fourth-order valence-electron chi connectivity index (χ4n) is 0.937. The summed E-state index contributed by atoms with van der Waals surface area (Å²) in [6, 6.07) is 1.76. The maximum atomic E-state index is 5.46. The highest BCUT2D eigenvalue weighted by atomic mass is 32.1. The second kappa shape index (κ2) is 2.98. The van der Waals surface area contributed by atoms with E-state index < -0.39 is 0 Å². The minimum absolute atomic E-state index is 0.215. The largest absolute Gasteiger partial charge is 0.472 e. The molecule has 0 spiro atoms. The third-order valence-electron chi connectivity index (χ3n) is 1.46. The summed E-state index contributed by atoms with van der Waals surface area (Å²) in [5, 5.41) is 0. The Labute approximate surface area is 78.6 Å². The predicted molar refractivity (Wildman–Crippen MR) is 49.3 cm³/mol. The number of nitrogens with zero attached hydrogens (tertiary/aromatic N) is 2. The van der Waals surface area contributed by atoms with Gasteiger partial charge in [-0.2, -0.15) is 4.98 Å². The second-order valence-corrected chi connectivity index (χ2v) is 2.74. The maximum Gasteiger partial charge on any atom is 0.224 e. The first-order valence-electron chi connectivity index (χ1n) is 3.52. The first-order chi connectivity index (χ1) is 6.25.